The van der Waals surface area contributed by atoms with Crippen molar-refractivity contribution in [3.8, 4) is 11.5 Å². The van der Waals surface area contributed by atoms with Crippen LogP contribution >= 0.6 is 11.6 Å². The zero-order valence-corrected chi connectivity index (χ0v) is 16.7. The van der Waals surface area contributed by atoms with E-state index in [1.807, 2.05) is 0 Å². The summed E-state index contributed by atoms with van der Waals surface area (Å²) in [5.41, 5.74) is 0.644. The summed E-state index contributed by atoms with van der Waals surface area (Å²) >= 11 is 5.99. The molecule has 3 rings (SSSR count). The van der Waals surface area contributed by atoms with Crippen LogP contribution < -0.4 is 20.1 Å². The van der Waals surface area contributed by atoms with Crippen molar-refractivity contribution in [3.63, 3.8) is 0 Å². The van der Waals surface area contributed by atoms with E-state index in [-0.39, 0.29) is 17.0 Å². The SMILES string of the molecule is COc1ccc(Cl)cc1NC(=O)c1ccccc1OCC(=O)Nc1ccccc1F. The number of nitrogens with one attached hydrogen (secondary N) is 2. The van der Waals surface area contributed by atoms with Crippen molar-refractivity contribution < 1.29 is 23.5 Å². The van der Waals surface area contributed by atoms with Crippen LogP contribution in [0.3, 0.4) is 0 Å². The molecule has 0 spiro atoms. The van der Waals surface area contributed by atoms with Crippen LogP contribution in [0.25, 0.3) is 0 Å². The van der Waals surface area contributed by atoms with Crippen molar-refractivity contribution in [1.82, 2.24) is 0 Å². The average molecular weight is 429 g/mol. The third-order valence-corrected chi connectivity index (χ3v) is 4.28. The molecule has 0 heterocycles. The zero-order chi connectivity index (χ0) is 21.5. The Balaban J connectivity index is 1.70. The van der Waals surface area contributed by atoms with Gasteiger partial charge in [0.05, 0.1) is 24.0 Å². The maximum absolute atomic E-state index is 13.7. The summed E-state index contributed by atoms with van der Waals surface area (Å²) in [6, 6.07) is 17.1. The Hall–Kier alpha value is -3.58. The van der Waals surface area contributed by atoms with Crippen molar-refractivity contribution in [2.75, 3.05) is 24.4 Å². The van der Waals surface area contributed by atoms with Crippen molar-refractivity contribution in [2.45, 2.75) is 0 Å². The van der Waals surface area contributed by atoms with Gasteiger partial charge in [0.25, 0.3) is 11.8 Å². The highest BCUT2D eigenvalue weighted by molar-refractivity contribution is 6.31. The fourth-order valence-corrected chi connectivity index (χ4v) is 2.81. The number of rotatable bonds is 7. The highest BCUT2D eigenvalue weighted by atomic mass is 35.5. The van der Waals surface area contributed by atoms with Gasteiger partial charge in [-0.1, -0.05) is 35.9 Å². The minimum absolute atomic E-state index is 0.0465. The molecule has 30 heavy (non-hydrogen) atoms. The van der Waals surface area contributed by atoms with Crippen LogP contribution in [0.1, 0.15) is 10.4 Å². The van der Waals surface area contributed by atoms with Gasteiger partial charge in [0.1, 0.15) is 17.3 Å². The second-order valence-electron chi connectivity index (χ2n) is 6.11. The molecule has 3 aromatic carbocycles. The van der Waals surface area contributed by atoms with Gasteiger partial charge in [-0.25, -0.2) is 4.39 Å². The number of anilines is 2. The predicted molar refractivity (Wildman–Crippen MR) is 113 cm³/mol. The number of ether oxygens (including phenoxy) is 2. The highest BCUT2D eigenvalue weighted by Crippen LogP contribution is 2.29. The van der Waals surface area contributed by atoms with Crippen LogP contribution in [0, 0.1) is 5.82 Å². The van der Waals surface area contributed by atoms with E-state index in [0.717, 1.165) is 0 Å². The van der Waals surface area contributed by atoms with Gasteiger partial charge in [-0.3, -0.25) is 9.59 Å². The molecule has 0 fully saturated rings. The van der Waals surface area contributed by atoms with E-state index >= 15 is 0 Å². The Morgan fingerprint density at radius 1 is 0.933 bits per heavy atom. The number of hydrogen-bond acceptors (Lipinski definition) is 4. The molecular formula is C22H18ClFN2O4. The van der Waals surface area contributed by atoms with Crippen molar-refractivity contribution in [3.05, 3.63) is 83.1 Å². The van der Waals surface area contributed by atoms with Gasteiger partial charge in [-0.2, -0.15) is 0 Å². The maximum atomic E-state index is 13.7. The second-order valence-corrected chi connectivity index (χ2v) is 6.55. The zero-order valence-electron chi connectivity index (χ0n) is 15.9. The maximum Gasteiger partial charge on any atom is 0.262 e. The molecule has 0 saturated heterocycles. The summed E-state index contributed by atoms with van der Waals surface area (Å²) in [5.74, 6) is -0.955. The summed E-state index contributed by atoms with van der Waals surface area (Å²) in [6.45, 7) is -0.404. The number of para-hydroxylation sites is 2. The Bertz CT molecular complexity index is 1070. The minimum atomic E-state index is -0.563. The monoisotopic (exact) mass is 428 g/mol. The van der Waals surface area contributed by atoms with E-state index < -0.39 is 24.2 Å². The molecule has 154 valence electrons. The Kier molecular flexibility index (Phi) is 6.87. The van der Waals surface area contributed by atoms with E-state index in [1.54, 1.807) is 48.5 Å². The van der Waals surface area contributed by atoms with Crippen LogP contribution in [0.5, 0.6) is 11.5 Å². The lowest BCUT2D eigenvalue weighted by atomic mass is 10.1. The van der Waals surface area contributed by atoms with E-state index in [1.165, 1.54) is 25.3 Å². The van der Waals surface area contributed by atoms with E-state index in [9.17, 15) is 14.0 Å². The minimum Gasteiger partial charge on any atom is -0.495 e. The summed E-state index contributed by atoms with van der Waals surface area (Å²) in [6.07, 6.45) is 0. The first-order chi connectivity index (χ1) is 14.5. The fraction of sp³-hybridized carbons (Fsp3) is 0.0909. The fourth-order valence-electron chi connectivity index (χ4n) is 2.64. The second kappa shape index (κ2) is 9.76. The van der Waals surface area contributed by atoms with Crippen LogP contribution in [0.15, 0.2) is 66.7 Å². The molecule has 0 aliphatic rings. The van der Waals surface area contributed by atoms with Gasteiger partial charge in [-0.05, 0) is 42.5 Å². The first-order valence-corrected chi connectivity index (χ1v) is 9.27. The lowest BCUT2D eigenvalue weighted by molar-refractivity contribution is -0.118. The smallest absolute Gasteiger partial charge is 0.262 e. The Morgan fingerprint density at radius 2 is 1.67 bits per heavy atom. The van der Waals surface area contributed by atoms with Crippen LogP contribution in [0.4, 0.5) is 15.8 Å². The molecule has 0 aliphatic carbocycles. The first-order valence-electron chi connectivity index (χ1n) is 8.89. The van der Waals surface area contributed by atoms with Gasteiger partial charge < -0.3 is 20.1 Å². The molecule has 0 bridgehead atoms. The normalized spacial score (nSPS) is 10.2. The highest BCUT2D eigenvalue weighted by Gasteiger charge is 2.16. The van der Waals surface area contributed by atoms with Crippen LogP contribution in [-0.4, -0.2) is 25.5 Å². The molecule has 0 saturated carbocycles. The Morgan fingerprint density at radius 3 is 2.43 bits per heavy atom. The number of hydrogen-bond donors (Lipinski definition) is 2. The molecular weight excluding hydrogens is 411 g/mol. The van der Waals surface area contributed by atoms with Gasteiger partial charge >= 0.3 is 0 Å². The van der Waals surface area contributed by atoms with Crippen molar-refractivity contribution in [1.29, 1.82) is 0 Å². The standard InChI is InChI=1S/C22H18ClFN2O4/c1-29-20-11-10-14(23)12-18(20)26-22(28)15-6-2-5-9-19(15)30-13-21(27)25-17-8-4-3-7-16(17)24/h2-12H,13H2,1H3,(H,25,27)(H,26,28). The number of amides is 2. The summed E-state index contributed by atoms with van der Waals surface area (Å²) in [5, 5.41) is 5.57. The average Bonchev–Trinajstić information content (AvgIpc) is 2.74. The lowest BCUT2D eigenvalue weighted by Gasteiger charge is -2.14. The van der Waals surface area contributed by atoms with E-state index in [4.69, 9.17) is 21.1 Å². The van der Waals surface area contributed by atoms with E-state index in [2.05, 4.69) is 10.6 Å². The quantitative estimate of drug-likeness (QED) is 0.569. The van der Waals surface area contributed by atoms with Gasteiger partial charge in [-0.15, -0.1) is 0 Å². The molecule has 2 N–H and O–H groups in total. The summed E-state index contributed by atoms with van der Waals surface area (Å²) in [7, 11) is 1.48. The molecule has 0 unspecified atom stereocenters. The molecule has 8 heteroatoms. The van der Waals surface area contributed by atoms with Gasteiger partial charge in [0, 0.05) is 5.02 Å². The summed E-state index contributed by atoms with van der Waals surface area (Å²) < 4.78 is 24.4. The third-order valence-electron chi connectivity index (χ3n) is 4.05. The number of carbonyl (C=O) groups is 2. The van der Waals surface area contributed by atoms with E-state index in [0.29, 0.717) is 16.5 Å². The Labute approximate surface area is 177 Å². The molecule has 0 radical (unpaired) electrons. The summed E-state index contributed by atoms with van der Waals surface area (Å²) in [4.78, 5) is 24.9. The number of benzene rings is 3. The predicted octanol–water partition coefficient (Wildman–Crippen LogP) is 4.76. The third kappa shape index (κ3) is 5.27. The molecule has 6 nitrogen and oxygen atoms in total. The molecule has 0 atom stereocenters. The first kappa shape index (κ1) is 21.1. The molecule has 0 aliphatic heterocycles. The van der Waals surface area contributed by atoms with Crippen molar-refractivity contribution in [2.24, 2.45) is 0 Å². The lowest BCUT2D eigenvalue weighted by Crippen LogP contribution is -2.22. The topological polar surface area (TPSA) is 76.7 Å². The largest absolute Gasteiger partial charge is 0.495 e. The van der Waals surface area contributed by atoms with Gasteiger partial charge in [0.2, 0.25) is 0 Å². The van der Waals surface area contributed by atoms with Gasteiger partial charge in [0.15, 0.2) is 6.61 Å². The van der Waals surface area contributed by atoms with Crippen LogP contribution in [0.2, 0.25) is 5.02 Å². The number of halogens is 2. The molecule has 0 aromatic heterocycles. The van der Waals surface area contributed by atoms with Crippen molar-refractivity contribution >= 4 is 34.8 Å². The molecule has 2 amide bonds. The number of carbonyl (C=O) groups excluding carboxylic acids is 2. The van der Waals surface area contributed by atoms with Crippen LogP contribution in [-0.2, 0) is 4.79 Å². The number of methoxy groups -OCH3 is 1. The molecule has 3 aromatic rings.